The van der Waals surface area contributed by atoms with Crippen LogP contribution in [0.2, 0.25) is 0 Å². The van der Waals surface area contributed by atoms with Gasteiger partial charge < -0.3 is 40.3 Å². The quantitative estimate of drug-likeness (QED) is 0.0262. The van der Waals surface area contributed by atoms with E-state index in [2.05, 4.69) is 153 Å². The smallest absolute Gasteiger partial charge is 0.220 e. The van der Waals surface area contributed by atoms with Crippen molar-refractivity contribution in [2.24, 2.45) is 0 Å². The molecule has 0 aromatic heterocycles. The highest BCUT2D eigenvalue weighted by molar-refractivity contribution is 5.76. The van der Waals surface area contributed by atoms with Crippen molar-refractivity contribution >= 4 is 5.91 Å². The van der Waals surface area contributed by atoms with Gasteiger partial charge in [0.25, 0.3) is 0 Å². The Morgan fingerprint density at radius 3 is 1.33 bits per heavy atom. The van der Waals surface area contributed by atoms with Crippen molar-refractivity contribution in [3.05, 3.63) is 146 Å². The summed E-state index contributed by atoms with van der Waals surface area (Å²) in [4.78, 5) is 12.9. The second-order valence-electron chi connectivity index (χ2n) is 17.6. The summed E-state index contributed by atoms with van der Waals surface area (Å²) in [6.45, 7) is 3.50. The lowest BCUT2D eigenvalue weighted by Crippen LogP contribution is -2.60. The van der Waals surface area contributed by atoms with Crippen LogP contribution in [0.3, 0.4) is 0 Å². The highest BCUT2D eigenvalue weighted by Crippen LogP contribution is 2.22. The Morgan fingerprint density at radius 2 is 0.899 bits per heavy atom. The predicted molar refractivity (Wildman–Crippen MR) is 289 cm³/mol. The molecule has 1 aliphatic heterocycles. The molecule has 1 aliphatic rings. The minimum absolute atomic E-state index is 0.204. The van der Waals surface area contributed by atoms with Crippen molar-refractivity contribution in [3.8, 4) is 0 Å². The van der Waals surface area contributed by atoms with E-state index < -0.39 is 49.5 Å². The zero-order valence-electron chi connectivity index (χ0n) is 42.7. The molecule has 0 aromatic carbocycles. The lowest BCUT2D eigenvalue weighted by Gasteiger charge is -2.40. The summed E-state index contributed by atoms with van der Waals surface area (Å²) in [5, 5.41) is 53.8. The van der Waals surface area contributed by atoms with Gasteiger partial charge in [0.2, 0.25) is 5.91 Å². The summed E-state index contributed by atoms with van der Waals surface area (Å²) in [7, 11) is 0. The fourth-order valence-electron chi connectivity index (χ4n) is 7.22. The van der Waals surface area contributed by atoms with Crippen molar-refractivity contribution in [1.82, 2.24) is 5.32 Å². The number of nitrogens with one attached hydrogen (secondary N) is 1. The number of ether oxygens (including phenoxy) is 2. The summed E-state index contributed by atoms with van der Waals surface area (Å²) in [6.07, 6.45) is 68.3. The standard InChI is InChI=1S/C60H95NO8/c1-3-5-7-9-10-11-12-13-14-15-16-17-18-19-20-21-22-23-24-25-26-27-28-29-30-31-32-33-34-35-36-37-38-39-40-41-42-43-44-46-48-50-56(64)61-53(54(63)49-47-45-8-6-4-2)52-68-60-59(67)58(66)57(65)55(51-62)69-60/h5,7,10-11,13-14,16-17,19-20,22-23,25-26,28-29,31-32,34-35,37-38,47,49,53-55,57-60,62-63,65-67H,3-4,6,8-9,12,15,18,21,24,27,30,33,36,39-46,48,50-52H2,1-2H3,(H,61,64)/b7-5-,11-10-,14-13-,17-16-,20-19-,23-22-,26-25-,29-28-,32-31-,35-34-,38-37-,49-47+. The molecule has 0 aromatic rings. The van der Waals surface area contributed by atoms with Gasteiger partial charge in [-0.2, -0.15) is 0 Å². The van der Waals surface area contributed by atoms with E-state index in [-0.39, 0.29) is 12.5 Å². The first-order valence-corrected chi connectivity index (χ1v) is 26.6. The van der Waals surface area contributed by atoms with Gasteiger partial charge in [-0.25, -0.2) is 0 Å². The number of rotatable bonds is 42. The molecule has 1 saturated heterocycles. The van der Waals surface area contributed by atoms with Gasteiger partial charge in [-0.1, -0.05) is 205 Å². The first kappa shape index (κ1) is 63.1. The van der Waals surface area contributed by atoms with Crippen LogP contribution in [-0.4, -0.2) is 87.5 Å². The summed E-state index contributed by atoms with van der Waals surface area (Å²) >= 11 is 0. The summed E-state index contributed by atoms with van der Waals surface area (Å²) in [6, 6.07) is -0.817. The molecule has 9 nitrogen and oxygen atoms in total. The third kappa shape index (κ3) is 37.6. The molecule has 7 atom stereocenters. The molecule has 1 amide bonds. The average molecular weight is 958 g/mol. The van der Waals surface area contributed by atoms with Gasteiger partial charge in [0.05, 0.1) is 25.4 Å². The fraction of sp³-hybridized carbons (Fsp3) is 0.583. The summed E-state index contributed by atoms with van der Waals surface area (Å²) < 4.78 is 11.1. The van der Waals surface area contributed by atoms with Crippen LogP contribution < -0.4 is 5.32 Å². The van der Waals surface area contributed by atoms with E-state index in [1.54, 1.807) is 6.08 Å². The first-order valence-electron chi connectivity index (χ1n) is 26.6. The zero-order valence-corrected chi connectivity index (χ0v) is 42.7. The zero-order chi connectivity index (χ0) is 50.1. The van der Waals surface area contributed by atoms with Crippen molar-refractivity contribution in [1.29, 1.82) is 0 Å². The van der Waals surface area contributed by atoms with Crippen LogP contribution in [0.25, 0.3) is 0 Å². The minimum Gasteiger partial charge on any atom is -0.394 e. The largest absolute Gasteiger partial charge is 0.394 e. The maximum Gasteiger partial charge on any atom is 0.220 e. The Morgan fingerprint density at radius 1 is 0.507 bits per heavy atom. The van der Waals surface area contributed by atoms with E-state index in [0.29, 0.717) is 6.42 Å². The molecule has 6 N–H and O–H groups in total. The molecule has 1 rings (SSSR count). The Kier molecular flexibility index (Phi) is 43.6. The van der Waals surface area contributed by atoms with Crippen molar-refractivity contribution < 1.29 is 39.8 Å². The molecule has 9 heteroatoms. The molecule has 388 valence electrons. The first-order chi connectivity index (χ1) is 33.8. The van der Waals surface area contributed by atoms with Crippen LogP contribution in [0.5, 0.6) is 0 Å². The number of aliphatic hydroxyl groups excluding tert-OH is 5. The maximum absolute atomic E-state index is 12.9. The number of hydrogen-bond acceptors (Lipinski definition) is 8. The van der Waals surface area contributed by atoms with E-state index in [4.69, 9.17) is 9.47 Å². The van der Waals surface area contributed by atoms with E-state index in [1.807, 2.05) is 6.08 Å². The van der Waals surface area contributed by atoms with Crippen LogP contribution in [0.1, 0.15) is 168 Å². The predicted octanol–water partition coefficient (Wildman–Crippen LogP) is 12.7. The van der Waals surface area contributed by atoms with E-state index in [0.717, 1.165) is 128 Å². The highest BCUT2D eigenvalue weighted by atomic mass is 16.7. The average Bonchev–Trinajstić information content (AvgIpc) is 3.35. The van der Waals surface area contributed by atoms with E-state index >= 15 is 0 Å². The molecule has 0 radical (unpaired) electrons. The lowest BCUT2D eigenvalue weighted by atomic mass is 9.99. The van der Waals surface area contributed by atoms with Crippen LogP contribution >= 0.6 is 0 Å². The van der Waals surface area contributed by atoms with Gasteiger partial charge in [0.1, 0.15) is 24.4 Å². The van der Waals surface area contributed by atoms with E-state index in [9.17, 15) is 30.3 Å². The number of hydrogen-bond donors (Lipinski definition) is 6. The number of amides is 1. The number of allylic oxidation sites excluding steroid dienone is 23. The second-order valence-corrected chi connectivity index (χ2v) is 17.6. The van der Waals surface area contributed by atoms with Gasteiger partial charge in [-0.15, -0.1) is 0 Å². The Balaban J connectivity index is 2.08. The molecular formula is C60H95NO8. The second kappa shape index (κ2) is 47.7. The summed E-state index contributed by atoms with van der Waals surface area (Å²) in [5.74, 6) is -0.204. The van der Waals surface area contributed by atoms with Gasteiger partial charge in [-0.3, -0.25) is 4.79 Å². The molecule has 0 spiro atoms. The lowest BCUT2D eigenvalue weighted by molar-refractivity contribution is -0.302. The SMILES string of the molecule is CC/C=C\C/C=C\C/C=C\C/C=C\C/C=C\C/C=C\C/C=C\C/C=C\C/C=C\C/C=C\C/C=C\CCCCCCCCCC(=O)NC(COC1OC(CO)C(O)C(O)C1O)C(O)/C=C/CCCCC. The molecule has 69 heavy (non-hydrogen) atoms. The minimum atomic E-state index is -1.57. The molecular weight excluding hydrogens is 863 g/mol. The fourth-order valence-corrected chi connectivity index (χ4v) is 7.22. The van der Waals surface area contributed by atoms with Crippen LogP contribution in [0.15, 0.2) is 146 Å². The summed E-state index contributed by atoms with van der Waals surface area (Å²) in [5.41, 5.74) is 0. The van der Waals surface area contributed by atoms with Crippen molar-refractivity contribution in [2.45, 2.75) is 211 Å². The monoisotopic (exact) mass is 958 g/mol. The van der Waals surface area contributed by atoms with Crippen LogP contribution in [-0.2, 0) is 14.3 Å². The highest BCUT2D eigenvalue weighted by Gasteiger charge is 2.44. The third-order valence-electron chi connectivity index (χ3n) is 11.4. The molecule has 7 unspecified atom stereocenters. The Hall–Kier alpha value is -3.93. The number of aliphatic hydroxyl groups is 5. The number of carbonyl (C=O) groups excluding carboxylic acids is 1. The topological polar surface area (TPSA) is 149 Å². The maximum atomic E-state index is 12.9. The van der Waals surface area contributed by atoms with Gasteiger partial charge in [-0.05, 0) is 103 Å². The van der Waals surface area contributed by atoms with E-state index in [1.165, 1.54) is 19.3 Å². The molecule has 0 bridgehead atoms. The Bertz CT molecular complexity index is 1580. The number of carbonyl (C=O) groups is 1. The van der Waals surface area contributed by atoms with Gasteiger partial charge in [0, 0.05) is 6.42 Å². The molecule has 1 fully saturated rings. The van der Waals surface area contributed by atoms with Crippen molar-refractivity contribution in [2.75, 3.05) is 13.2 Å². The normalized spacial score (nSPS) is 20.7. The molecule has 0 aliphatic carbocycles. The van der Waals surface area contributed by atoms with Gasteiger partial charge in [0.15, 0.2) is 6.29 Å². The number of unbranched alkanes of at least 4 members (excludes halogenated alkanes) is 10. The molecule has 0 saturated carbocycles. The van der Waals surface area contributed by atoms with Gasteiger partial charge >= 0.3 is 0 Å². The Labute approximate surface area is 419 Å². The third-order valence-corrected chi connectivity index (χ3v) is 11.4. The van der Waals surface area contributed by atoms with Crippen LogP contribution in [0.4, 0.5) is 0 Å². The van der Waals surface area contributed by atoms with Crippen molar-refractivity contribution in [3.63, 3.8) is 0 Å². The van der Waals surface area contributed by atoms with Crippen LogP contribution in [0, 0.1) is 0 Å². The molecule has 1 heterocycles.